The average Bonchev–Trinajstić information content (AvgIpc) is 2.32. The Morgan fingerprint density at radius 2 is 2.00 bits per heavy atom. The molecule has 0 amide bonds. The Kier molecular flexibility index (Phi) is 4.13. The van der Waals surface area contributed by atoms with Gasteiger partial charge in [-0.25, -0.2) is 13.4 Å². The quantitative estimate of drug-likeness (QED) is 0.778. The van der Waals surface area contributed by atoms with Crippen LogP contribution in [0.25, 0.3) is 0 Å². The van der Waals surface area contributed by atoms with E-state index in [1.54, 1.807) is 6.07 Å². The molecule has 100 valence electrons. The van der Waals surface area contributed by atoms with Gasteiger partial charge in [0.25, 0.3) is 9.05 Å². The molecule has 0 fully saturated rings. The molecule has 0 aliphatic carbocycles. The summed E-state index contributed by atoms with van der Waals surface area (Å²) >= 11 is 3.36. The van der Waals surface area contributed by atoms with Gasteiger partial charge in [0.15, 0.2) is 0 Å². The Morgan fingerprint density at radius 1 is 1.26 bits per heavy atom. The second-order valence-electron chi connectivity index (χ2n) is 3.78. The van der Waals surface area contributed by atoms with Gasteiger partial charge in [-0.3, -0.25) is 0 Å². The van der Waals surface area contributed by atoms with Crippen molar-refractivity contribution in [3.63, 3.8) is 0 Å². The van der Waals surface area contributed by atoms with Gasteiger partial charge in [0.1, 0.15) is 10.6 Å². The Bertz CT molecular complexity index is 701. The molecular weight excluding hydrogens is 354 g/mol. The SMILES string of the molecule is Cc1cc(Br)ccc1Oc1ccc(S(=O)(=O)Cl)cn1. The number of hydrogen-bond donors (Lipinski definition) is 0. The molecule has 0 spiro atoms. The first-order valence-electron chi connectivity index (χ1n) is 5.21. The molecule has 0 aliphatic rings. The van der Waals surface area contributed by atoms with Gasteiger partial charge in [-0.05, 0) is 36.8 Å². The highest BCUT2D eigenvalue weighted by Gasteiger charge is 2.11. The number of nitrogens with zero attached hydrogens (tertiary/aromatic N) is 1. The van der Waals surface area contributed by atoms with Gasteiger partial charge in [-0.15, -0.1) is 0 Å². The summed E-state index contributed by atoms with van der Waals surface area (Å²) in [5.41, 5.74) is 0.935. The maximum absolute atomic E-state index is 11.1. The Balaban J connectivity index is 2.25. The molecule has 0 aliphatic heterocycles. The first-order valence-corrected chi connectivity index (χ1v) is 8.31. The highest BCUT2D eigenvalue weighted by atomic mass is 79.9. The van der Waals surface area contributed by atoms with Crippen LogP contribution in [0, 0.1) is 6.92 Å². The van der Waals surface area contributed by atoms with E-state index in [0.717, 1.165) is 16.2 Å². The van der Waals surface area contributed by atoms with Gasteiger partial charge < -0.3 is 4.74 Å². The minimum atomic E-state index is -3.76. The number of benzene rings is 1. The molecule has 0 saturated carbocycles. The molecule has 1 aromatic carbocycles. The smallest absolute Gasteiger partial charge is 0.262 e. The lowest BCUT2D eigenvalue weighted by Gasteiger charge is -2.08. The van der Waals surface area contributed by atoms with Crippen LogP contribution in [0.1, 0.15) is 5.56 Å². The fraction of sp³-hybridized carbons (Fsp3) is 0.0833. The fourth-order valence-electron chi connectivity index (χ4n) is 1.41. The third-order valence-electron chi connectivity index (χ3n) is 2.34. The summed E-state index contributed by atoms with van der Waals surface area (Å²) in [5.74, 6) is 0.951. The van der Waals surface area contributed by atoms with Crippen molar-refractivity contribution in [3.8, 4) is 11.6 Å². The van der Waals surface area contributed by atoms with Crippen LogP contribution in [0.15, 0.2) is 45.9 Å². The van der Waals surface area contributed by atoms with Crippen molar-refractivity contribution in [1.82, 2.24) is 4.98 Å². The van der Waals surface area contributed by atoms with E-state index < -0.39 is 9.05 Å². The summed E-state index contributed by atoms with van der Waals surface area (Å²) in [4.78, 5) is 3.85. The molecule has 2 rings (SSSR count). The maximum atomic E-state index is 11.1. The van der Waals surface area contributed by atoms with Crippen LogP contribution >= 0.6 is 26.6 Å². The van der Waals surface area contributed by atoms with Crippen LogP contribution in [0.3, 0.4) is 0 Å². The largest absolute Gasteiger partial charge is 0.439 e. The van der Waals surface area contributed by atoms with E-state index in [0.29, 0.717) is 11.6 Å². The highest BCUT2D eigenvalue weighted by molar-refractivity contribution is 9.10. The monoisotopic (exact) mass is 361 g/mol. The molecule has 0 radical (unpaired) electrons. The minimum Gasteiger partial charge on any atom is -0.439 e. The van der Waals surface area contributed by atoms with Crippen LogP contribution in [-0.4, -0.2) is 13.4 Å². The third-order valence-corrected chi connectivity index (χ3v) is 4.17. The van der Waals surface area contributed by atoms with Crippen molar-refractivity contribution in [2.75, 3.05) is 0 Å². The van der Waals surface area contributed by atoms with E-state index in [9.17, 15) is 8.42 Å². The summed E-state index contributed by atoms with van der Waals surface area (Å²) in [6.45, 7) is 1.90. The van der Waals surface area contributed by atoms with E-state index in [1.165, 1.54) is 12.1 Å². The Morgan fingerprint density at radius 3 is 2.53 bits per heavy atom. The van der Waals surface area contributed by atoms with E-state index in [2.05, 4.69) is 20.9 Å². The summed E-state index contributed by atoms with van der Waals surface area (Å²) in [6.07, 6.45) is 1.16. The first-order chi connectivity index (χ1) is 8.86. The van der Waals surface area contributed by atoms with Crippen molar-refractivity contribution < 1.29 is 13.2 Å². The van der Waals surface area contributed by atoms with Crippen molar-refractivity contribution in [1.29, 1.82) is 0 Å². The molecule has 1 heterocycles. The number of rotatable bonds is 3. The third kappa shape index (κ3) is 3.68. The van der Waals surface area contributed by atoms with Gasteiger partial charge in [-0.2, -0.15) is 0 Å². The normalized spacial score (nSPS) is 11.3. The molecule has 0 atom stereocenters. The van der Waals surface area contributed by atoms with E-state index in [-0.39, 0.29) is 4.90 Å². The predicted molar refractivity (Wildman–Crippen MR) is 76.2 cm³/mol. The molecule has 19 heavy (non-hydrogen) atoms. The van der Waals surface area contributed by atoms with Gasteiger partial charge in [0, 0.05) is 21.2 Å². The number of halogens is 2. The topological polar surface area (TPSA) is 56.3 Å². The minimum absolute atomic E-state index is 0.0611. The number of aromatic nitrogens is 1. The standard InChI is InChI=1S/C12H9BrClNO3S/c1-8-6-9(13)2-4-11(8)18-12-5-3-10(7-15-12)19(14,16)17/h2-7H,1H3. The van der Waals surface area contributed by atoms with Crippen LogP contribution in [0.5, 0.6) is 11.6 Å². The number of ether oxygens (including phenoxy) is 1. The fourth-order valence-corrected chi connectivity index (χ4v) is 2.57. The Hall–Kier alpha value is -1.11. The molecule has 0 bridgehead atoms. The van der Waals surface area contributed by atoms with Crippen LogP contribution in [0.2, 0.25) is 0 Å². The van der Waals surface area contributed by atoms with Gasteiger partial charge in [0.05, 0.1) is 6.20 Å². The molecule has 0 unspecified atom stereocenters. The van der Waals surface area contributed by atoms with Crippen molar-refractivity contribution in [2.45, 2.75) is 11.8 Å². The Labute approximate surface area is 123 Å². The average molecular weight is 363 g/mol. The zero-order valence-corrected chi connectivity index (χ0v) is 13.0. The van der Waals surface area contributed by atoms with Gasteiger partial charge >= 0.3 is 0 Å². The van der Waals surface area contributed by atoms with Gasteiger partial charge in [0.2, 0.25) is 5.88 Å². The van der Waals surface area contributed by atoms with Crippen molar-refractivity contribution in [2.24, 2.45) is 0 Å². The highest BCUT2D eigenvalue weighted by Crippen LogP contribution is 2.27. The number of hydrogen-bond acceptors (Lipinski definition) is 4. The molecule has 2 aromatic rings. The lowest BCUT2D eigenvalue weighted by Crippen LogP contribution is -1.94. The summed E-state index contributed by atoms with van der Waals surface area (Å²) in [5, 5.41) is 0. The predicted octanol–water partition coefficient (Wildman–Crippen LogP) is 3.87. The lowest BCUT2D eigenvalue weighted by molar-refractivity contribution is 0.458. The lowest BCUT2D eigenvalue weighted by atomic mass is 10.2. The number of pyridine rings is 1. The molecule has 0 saturated heterocycles. The maximum Gasteiger partial charge on any atom is 0.262 e. The number of aryl methyl sites for hydroxylation is 1. The molecule has 4 nitrogen and oxygen atoms in total. The van der Waals surface area contributed by atoms with E-state index >= 15 is 0 Å². The second kappa shape index (κ2) is 5.48. The summed E-state index contributed by atoms with van der Waals surface area (Å²) < 4.78 is 28.7. The molecular formula is C12H9BrClNO3S. The summed E-state index contributed by atoms with van der Waals surface area (Å²) in [6, 6.07) is 8.36. The van der Waals surface area contributed by atoms with Crippen LogP contribution in [0.4, 0.5) is 0 Å². The van der Waals surface area contributed by atoms with Crippen LogP contribution < -0.4 is 4.74 Å². The van der Waals surface area contributed by atoms with Crippen LogP contribution in [-0.2, 0) is 9.05 Å². The first kappa shape index (κ1) is 14.3. The molecule has 1 aromatic heterocycles. The molecule has 7 heteroatoms. The van der Waals surface area contributed by atoms with E-state index in [4.69, 9.17) is 15.4 Å². The second-order valence-corrected chi connectivity index (χ2v) is 7.26. The van der Waals surface area contributed by atoms with Gasteiger partial charge in [-0.1, -0.05) is 15.9 Å². The van der Waals surface area contributed by atoms with Crippen molar-refractivity contribution >= 4 is 35.7 Å². The zero-order valence-electron chi connectivity index (χ0n) is 9.80. The summed E-state index contributed by atoms with van der Waals surface area (Å²) in [7, 11) is 1.44. The van der Waals surface area contributed by atoms with E-state index in [1.807, 2.05) is 19.1 Å². The van der Waals surface area contributed by atoms with Crippen molar-refractivity contribution in [3.05, 3.63) is 46.6 Å². The molecule has 0 N–H and O–H groups in total. The zero-order chi connectivity index (χ0) is 14.0.